The van der Waals surface area contributed by atoms with Crippen molar-refractivity contribution in [1.29, 1.82) is 0 Å². The van der Waals surface area contributed by atoms with Crippen LogP contribution in [0, 0.1) is 5.82 Å². The largest absolute Gasteiger partial charge is 0.506 e. The number of aromatic nitrogens is 2. The second-order valence-corrected chi connectivity index (χ2v) is 9.99. The molecular formula is C29H26FN3O5. The van der Waals surface area contributed by atoms with Crippen LogP contribution in [-0.4, -0.2) is 38.5 Å². The number of halogens is 1. The fourth-order valence-electron chi connectivity index (χ4n) is 4.63. The number of pyridine rings is 2. The molecule has 0 aliphatic carbocycles. The summed E-state index contributed by atoms with van der Waals surface area (Å²) in [6, 6.07) is 13.7. The van der Waals surface area contributed by atoms with Crippen LogP contribution in [0.25, 0.3) is 22.2 Å². The summed E-state index contributed by atoms with van der Waals surface area (Å²) in [6.07, 6.45) is 1.51. The van der Waals surface area contributed by atoms with E-state index >= 15 is 0 Å². The van der Waals surface area contributed by atoms with Gasteiger partial charge in [0.1, 0.15) is 46.1 Å². The molecular weight excluding hydrogens is 489 g/mol. The van der Waals surface area contributed by atoms with Gasteiger partial charge in [0.15, 0.2) is 5.78 Å². The van der Waals surface area contributed by atoms with Crippen molar-refractivity contribution in [2.45, 2.75) is 37.7 Å². The van der Waals surface area contributed by atoms with Gasteiger partial charge in [-0.2, -0.15) is 0 Å². The molecule has 194 valence electrons. The SMILES string of the molecule is C[C@](O)(CCC(=O)c1cc(O)c2ncccc2c1)c1cc2c(c(-c3ccc(F)cc3)n1)OC[C@]2(C)C(N)=O. The first-order chi connectivity index (χ1) is 18.0. The molecule has 3 heterocycles. The van der Waals surface area contributed by atoms with E-state index in [1.54, 1.807) is 37.4 Å². The molecule has 4 N–H and O–H groups in total. The first-order valence-corrected chi connectivity index (χ1v) is 12.1. The molecule has 1 aliphatic heterocycles. The number of nitrogens with two attached hydrogens (primary N) is 1. The lowest BCUT2D eigenvalue weighted by atomic mass is 9.81. The van der Waals surface area contributed by atoms with Crippen molar-refractivity contribution in [3.8, 4) is 22.8 Å². The third kappa shape index (κ3) is 4.35. The van der Waals surface area contributed by atoms with E-state index in [4.69, 9.17) is 10.5 Å². The van der Waals surface area contributed by atoms with E-state index in [0.29, 0.717) is 39.0 Å². The average molecular weight is 516 g/mol. The van der Waals surface area contributed by atoms with E-state index in [-0.39, 0.29) is 36.7 Å². The van der Waals surface area contributed by atoms with Gasteiger partial charge in [-0.1, -0.05) is 6.07 Å². The van der Waals surface area contributed by atoms with Gasteiger partial charge >= 0.3 is 0 Å². The molecule has 1 amide bonds. The minimum Gasteiger partial charge on any atom is -0.506 e. The van der Waals surface area contributed by atoms with Gasteiger partial charge in [-0.3, -0.25) is 14.6 Å². The number of nitrogens with zero attached hydrogens (tertiary/aromatic N) is 2. The number of fused-ring (bicyclic) bond motifs is 2. The van der Waals surface area contributed by atoms with E-state index < -0.39 is 22.7 Å². The van der Waals surface area contributed by atoms with Crippen LogP contribution in [0.2, 0.25) is 0 Å². The van der Waals surface area contributed by atoms with Crippen LogP contribution in [0.5, 0.6) is 11.5 Å². The molecule has 0 unspecified atom stereocenters. The third-order valence-electron chi connectivity index (χ3n) is 7.13. The quantitative estimate of drug-likeness (QED) is 0.315. The summed E-state index contributed by atoms with van der Waals surface area (Å²) in [5.41, 5.74) is 5.20. The van der Waals surface area contributed by atoms with Crippen molar-refractivity contribution >= 4 is 22.6 Å². The standard InChI is InChI=1S/C29H26FN3O5/c1-28(27(31)36)15-38-26-20(28)14-23(33-25(26)16-5-7-19(30)8-6-16)29(2,37)10-9-21(34)18-12-17-4-3-11-32-24(17)22(35)13-18/h3-8,11-14,35,37H,9-10,15H2,1-2H3,(H2,31,36)/t28-,29-/m0/s1. The molecule has 0 saturated carbocycles. The van der Waals surface area contributed by atoms with Crippen molar-refractivity contribution in [3.63, 3.8) is 0 Å². The summed E-state index contributed by atoms with van der Waals surface area (Å²) in [4.78, 5) is 34.2. The Bertz CT molecular complexity index is 1590. The molecule has 38 heavy (non-hydrogen) atoms. The predicted octanol–water partition coefficient (Wildman–Crippen LogP) is 4.15. The number of primary amides is 1. The maximum atomic E-state index is 13.6. The van der Waals surface area contributed by atoms with Crippen LogP contribution in [0.3, 0.4) is 0 Å². The van der Waals surface area contributed by atoms with Gasteiger partial charge in [-0.25, -0.2) is 9.37 Å². The maximum Gasteiger partial charge on any atom is 0.231 e. The van der Waals surface area contributed by atoms with Crippen molar-refractivity contribution in [2.24, 2.45) is 5.73 Å². The zero-order chi connectivity index (χ0) is 27.2. The number of hydrogen-bond donors (Lipinski definition) is 3. The average Bonchev–Trinajstić information content (AvgIpc) is 3.25. The molecule has 0 fully saturated rings. The number of phenols is 1. The van der Waals surface area contributed by atoms with Crippen LogP contribution >= 0.6 is 0 Å². The number of carbonyl (C=O) groups is 2. The number of aromatic hydroxyl groups is 1. The Kier molecular flexibility index (Phi) is 6.11. The van der Waals surface area contributed by atoms with Gasteiger partial charge in [0, 0.05) is 34.7 Å². The minimum atomic E-state index is -1.58. The second kappa shape index (κ2) is 9.18. The molecule has 5 rings (SSSR count). The first kappa shape index (κ1) is 25.3. The number of aliphatic hydroxyl groups is 1. The minimum absolute atomic E-state index is 0.000456. The van der Waals surface area contributed by atoms with Gasteiger partial charge in [-0.05, 0) is 68.8 Å². The Morgan fingerprint density at radius 1 is 1.18 bits per heavy atom. The smallest absolute Gasteiger partial charge is 0.231 e. The Hall–Kier alpha value is -4.37. The topological polar surface area (TPSA) is 136 Å². The number of hydrogen-bond acceptors (Lipinski definition) is 7. The number of Topliss-reactive ketones (excluding diaryl/α,β-unsaturated/α-hetero) is 1. The molecule has 9 heteroatoms. The Morgan fingerprint density at radius 2 is 1.92 bits per heavy atom. The van der Waals surface area contributed by atoms with Gasteiger partial charge in [0.2, 0.25) is 5.91 Å². The predicted molar refractivity (Wildman–Crippen MR) is 138 cm³/mol. The zero-order valence-corrected chi connectivity index (χ0v) is 20.9. The Morgan fingerprint density at radius 3 is 2.63 bits per heavy atom. The van der Waals surface area contributed by atoms with Gasteiger partial charge in [0.25, 0.3) is 0 Å². The van der Waals surface area contributed by atoms with Crippen molar-refractivity contribution in [2.75, 3.05) is 6.61 Å². The summed E-state index contributed by atoms with van der Waals surface area (Å²) in [7, 11) is 0. The normalized spacial score (nSPS) is 18.0. The molecule has 0 radical (unpaired) electrons. The third-order valence-corrected chi connectivity index (χ3v) is 7.13. The van der Waals surface area contributed by atoms with Crippen LogP contribution in [0.4, 0.5) is 4.39 Å². The van der Waals surface area contributed by atoms with Crippen LogP contribution in [0.15, 0.2) is 60.8 Å². The summed E-state index contributed by atoms with van der Waals surface area (Å²) in [5.74, 6) is -1.07. The number of phenolic OH excluding ortho intramolecular Hbond substituents is 1. The molecule has 2 aromatic carbocycles. The Labute approximate surface area is 217 Å². The Balaban J connectivity index is 1.49. The highest BCUT2D eigenvalue weighted by Gasteiger charge is 2.45. The molecule has 4 aromatic rings. The molecule has 0 saturated heterocycles. The fraction of sp³-hybridized carbons (Fsp3) is 0.241. The fourth-order valence-corrected chi connectivity index (χ4v) is 4.63. The molecule has 1 aliphatic rings. The maximum absolute atomic E-state index is 13.6. The second-order valence-electron chi connectivity index (χ2n) is 9.99. The lowest BCUT2D eigenvalue weighted by molar-refractivity contribution is -0.123. The number of rotatable bonds is 7. The summed E-state index contributed by atoms with van der Waals surface area (Å²) < 4.78 is 19.4. The molecule has 8 nitrogen and oxygen atoms in total. The highest BCUT2D eigenvalue weighted by Crippen LogP contribution is 2.46. The monoisotopic (exact) mass is 515 g/mol. The van der Waals surface area contributed by atoms with Crippen molar-refractivity contribution in [3.05, 3.63) is 83.4 Å². The number of benzene rings is 2. The first-order valence-electron chi connectivity index (χ1n) is 12.1. The summed E-state index contributed by atoms with van der Waals surface area (Å²) in [6.45, 7) is 3.18. The van der Waals surface area contributed by atoms with Gasteiger partial charge in [0.05, 0.1) is 5.69 Å². The van der Waals surface area contributed by atoms with E-state index in [0.717, 1.165) is 0 Å². The lowest BCUT2D eigenvalue weighted by Crippen LogP contribution is -2.40. The van der Waals surface area contributed by atoms with Crippen LogP contribution in [-0.2, 0) is 15.8 Å². The number of carbonyl (C=O) groups excluding carboxylic acids is 2. The van der Waals surface area contributed by atoms with E-state index in [1.807, 2.05) is 0 Å². The van der Waals surface area contributed by atoms with Crippen molar-refractivity contribution in [1.82, 2.24) is 9.97 Å². The van der Waals surface area contributed by atoms with Crippen LogP contribution in [0.1, 0.15) is 48.3 Å². The number of ketones is 1. The number of ether oxygens (including phenoxy) is 1. The molecule has 0 bridgehead atoms. The molecule has 2 atom stereocenters. The highest BCUT2D eigenvalue weighted by molar-refractivity contribution is 6.01. The molecule has 0 spiro atoms. The molecule has 2 aromatic heterocycles. The number of amides is 1. The van der Waals surface area contributed by atoms with E-state index in [2.05, 4.69) is 9.97 Å². The lowest BCUT2D eigenvalue weighted by Gasteiger charge is -2.26. The highest BCUT2D eigenvalue weighted by atomic mass is 19.1. The van der Waals surface area contributed by atoms with Crippen LogP contribution < -0.4 is 10.5 Å². The van der Waals surface area contributed by atoms with E-state index in [1.165, 1.54) is 37.3 Å². The summed E-state index contributed by atoms with van der Waals surface area (Å²) in [5, 5.41) is 22.4. The summed E-state index contributed by atoms with van der Waals surface area (Å²) >= 11 is 0. The van der Waals surface area contributed by atoms with Gasteiger partial charge < -0.3 is 20.7 Å². The van der Waals surface area contributed by atoms with Crippen molar-refractivity contribution < 1.29 is 28.9 Å². The van der Waals surface area contributed by atoms with Gasteiger partial charge in [-0.15, -0.1) is 0 Å². The van der Waals surface area contributed by atoms with E-state index in [9.17, 15) is 24.2 Å². The zero-order valence-electron chi connectivity index (χ0n) is 20.9.